The van der Waals surface area contributed by atoms with Gasteiger partial charge in [0.25, 0.3) is 0 Å². The number of rotatable bonds is 8. The van der Waals surface area contributed by atoms with Gasteiger partial charge in [-0.25, -0.2) is 0 Å². The molecule has 2 aromatic rings. The number of hydrogen-bond acceptors (Lipinski definition) is 4. The quantitative estimate of drug-likeness (QED) is 0.572. The molecule has 0 unspecified atom stereocenters. The summed E-state index contributed by atoms with van der Waals surface area (Å²) in [7, 11) is 0. The van der Waals surface area contributed by atoms with Crippen molar-refractivity contribution >= 4 is 34.2 Å². The molecule has 5 heteroatoms. The van der Waals surface area contributed by atoms with Crippen molar-refractivity contribution in [3.8, 4) is 0 Å². The molecular weight excluding hydrogens is 318 g/mol. The Labute approximate surface area is 145 Å². The zero-order valence-corrected chi connectivity index (χ0v) is 14.1. The number of fused-ring (bicyclic) bond motifs is 1. The second-order valence-electron chi connectivity index (χ2n) is 5.01. The smallest absolute Gasteiger partial charge is 0.249 e. The number of allylic oxidation sites excluding steroid dienone is 8. The number of carbonyl (C=O) groups is 1. The van der Waals surface area contributed by atoms with Gasteiger partial charge >= 0.3 is 0 Å². The average Bonchev–Trinajstić information content (AvgIpc) is 3.04. The predicted molar refractivity (Wildman–Crippen MR) is 102 cm³/mol. The first-order valence-corrected chi connectivity index (χ1v) is 8.21. The number of hydrogen-bond donors (Lipinski definition) is 1. The lowest BCUT2D eigenvalue weighted by molar-refractivity contribution is 0.1000. The van der Waals surface area contributed by atoms with Crippen LogP contribution in [0.15, 0.2) is 67.8 Å². The summed E-state index contributed by atoms with van der Waals surface area (Å²) in [5, 5.41) is 0. The number of nitrogens with zero attached hydrogens (tertiary/aromatic N) is 2. The molecule has 0 aliphatic carbocycles. The maximum atomic E-state index is 11.8. The Balaban J connectivity index is 2.50. The van der Waals surface area contributed by atoms with E-state index in [2.05, 4.69) is 21.9 Å². The topological polar surface area (TPSA) is 68.9 Å². The molecule has 0 fully saturated rings. The van der Waals surface area contributed by atoms with Crippen LogP contribution in [-0.4, -0.2) is 14.7 Å². The molecule has 24 heavy (non-hydrogen) atoms. The normalized spacial score (nSPS) is 12.2. The molecule has 0 aliphatic heterocycles. The van der Waals surface area contributed by atoms with E-state index in [1.807, 2.05) is 36.5 Å². The molecule has 1 amide bonds. The van der Waals surface area contributed by atoms with E-state index in [0.29, 0.717) is 17.5 Å². The molecule has 1 heterocycles. The number of carbonyl (C=O) groups excluding carboxylic acids is 1. The molecule has 0 bridgehead atoms. The monoisotopic (exact) mass is 337 g/mol. The highest BCUT2D eigenvalue weighted by molar-refractivity contribution is 7.00. The standard InChI is InChI=1S/C19H19N3OS/c1-3-5-6-7-8-9-11-14(10-4-2)17-15(19(20)23)12-13-16-18(17)22-24-21-16/h3-4,6-9,11-13H,1-2,5,10H2,(H2,20,23). The van der Waals surface area contributed by atoms with E-state index >= 15 is 0 Å². The van der Waals surface area contributed by atoms with E-state index in [1.54, 1.807) is 18.2 Å². The van der Waals surface area contributed by atoms with Crippen LogP contribution in [0.3, 0.4) is 0 Å². The summed E-state index contributed by atoms with van der Waals surface area (Å²) in [4.78, 5) is 11.8. The van der Waals surface area contributed by atoms with Crippen LogP contribution in [0.5, 0.6) is 0 Å². The highest BCUT2D eigenvalue weighted by Gasteiger charge is 2.17. The third-order valence-corrected chi connectivity index (χ3v) is 3.88. The fourth-order valence-corrected chi connectivity index (χ4v) is 2.82. The first kappa shape index (κ1) is 17.6. The van der Waals surface area contributed by atoms with Crippen molar-refractivity contribution < 1.29 is 4.79 Å². The Morgan fingerprint density at radius 3 is 2.71 bits per heavy atom. The molecule has 1 aromatic heterocycles. The molecule has 0 aliphatic rings. The molecule has 2 N–H and O–H groups in total. The summed E-state index contributed by atoms with van der Waals surface area (Å²) >= 11 is 1.12. The van der Waals surface area contributed by atoms with Gasteiger partial charge in [-0.15, -0.1) is 13.2 Å². The number of amides is 1. The minimum absolute atomic E-state index is 0.443. The van der Waals surface area contributed by atoms with Crippen LogP contribution in [0.2, 0.25) is 0 Å². The van der Waals surface area contributed by atoms with Crippen LogP contribution >= 0.6 is 11.7 Å². The second kappa shape index (κ2) is 8.74. The van der Waals surface area contributed by atoms with Crippen molar-refractivity contribution in [1.29, 1.82) is 0 Å². The molecule has 2 rings (SSSR count). The summed E-state index contributed by atoms with van der Waals surface area (Å²) in [5.74, 6) is -0.482. The van der Waals surface area contributed by atoms with Gasteiger partial charge in [0.1, 0.15) is 11.0 Å². The van der Waals surface area contributed by atoms with Gasteiger partial charge in [-0.2, -0.15) is 8.75 Å². The minimum atomic E-state index is -0.482. The van der Waals surface area contributed by atoms with Gasteiger partial charge in [0, 0.05) is 11.1 Å². The van der Waals surface area contributed by atoms with Crippen LogP contribution in [-0.2, 0) is 0 Å². The van der Waals surface area contributed by atoms with Gasteiger partial charge in [0.15, 0.2) is 0 Å². The van der Waals surface area contributed by atoms with Crippen LogP contribution < -0.4 is 5.73 Å². The Kier molecular flexibility index (Phi) is 6.40. The van der Waals surface area contributed by atoms with E-state index in [0.717, 1.165) is 34.8 Å². The van der Waals surface area contributed by atoms with Gasteiger partial charge in [0.2, 0.25) is 5.91 Å². The number of benzene rings is 1. The van der Waals surface area contributed by atoms with Crippen LogP contribution in [0, 0.1) is 0 Å². The van der Waals surface area contributed by atoms with Gasteiger partial charge in [-0.3, -0.25) is 4.79 Å². The highest BCUT2D eigenvalue weighted by atomic mass is 32.1. The van der Waals surface area contributed by atoms with E-state index in [4.69, 9.17) is 5.73 Å². The zero-order valence-electron chi connectivity index (χ0n) is 13.3. The van der Waals surface area contributed by atoms with E-state index < -0.39 is 5.91 Å². The number of aromatic nitrogens is 2. The zero-order chi connectivity index (χ0) is 17.4. The van der Waals surface area contributed by atoms with E-state index in [9.17, 15) is 4.79 Å². The molecule has 122 valence electrons. The summed E-state index contributed by atoms with van der Waals surface area (Å²) in [6.45, 7) is 7.46. The fourth-order valence-electron chi connectivity index (χ4n) is 2.28. The molecule has 0 saturated heterocycles. The van der Waals surface area contributed by atoms with Gasteiger partial charge in [-0.1, -0.05) is 42.5 Å². The highest BCUT2D eigenvalue weighted by Crippen LogP contribution is 2.30. The molecular formula is C19H19N3OS. The van der Waals surface area contributed by atoms with Crippen molar-refractivity contribution in [3.05, 3.63) is 78.9 Å². The predicted octanol–water partition coefficient (Wildman–Crippen LogP) is 4.44. The van der Waals surface area contributed by atoms with Crippen molar-refractivity contribution in [2.45, 2.75) is 12.8 Å². The summed E-state index contributed by atoms with van der Waals surface area (Å²) in [6.07, 6.45) is 14.8. The SMILES string of the molecule is C=CCC=CC=CC=C(CC=C)c1c(C(N)=O)ccc2nsnc12. The van der Waals surface area contributed by atoms with E-state index in [-0.39, 0.29) is 0 Å². The van der Waals surface area contributed by atoms with Crippen molar-refractivity contribution in [2.24, 2.45) is 5.73 Å². The fraction of sp³-hybridized carbons (Fsp3) is 0.105. The largest absolute Gasteiger partial charge is 0.366 e. The summed E-state index contributed by atoms with van der Waals surface area (Å²) in [6, 6.07) is 3.47. The molecule has 0 radical (unpaired) electrons. The second-order valence-corrected chi connectivity index (χ2v) is 5.53. The first-order chi connectivity index (χ1) is 11.7. The van der Waals surface area contributed by atoms with Crippen molar-refractivity contribution in [1.82, 2.24) is 8.75 Å². The van der Waals surface area contributed by atoms with Gasteiger partial charge in [0.05, 0.1) is 11.7 Å². The lowest BCUT2D eigenvalue weighted by atomic mass is 9.95. The molecule has 0 spiro atoms. The van der Waals surface area contributed by atoms with Crippen molar-refractivity contribution in [3.63, 3.8) is 0 Å². The van der Waals surface area contributed by atoms with Crippen LogP contribution in [0.1, 0.15) is 28.8 Å². The number of primary amides is 1. The lowest BCUT2D eigenvalue weighted by Crippen LogP contribution is -2.13. The Morgan fingerprint density at radius 2 is 2.00 bits per heavy atom. The maximum absolute atomic E-state index is 11.8. The molecule has 0 atom stereocenters. The van der Waals surface area contributed by atoms with E-state index in [1.165, 1.54) is 0 Å². The number of nitrogens with two attached hydrogens (primary N) is 1. The Hall–Kier alpha value is -2.79. The van der Waals surface area contributed by atoms with Crippen LogP contribution in [0.25, 0.3) is 16.6 Å². The van der Waals surface area contributed by atoms with Crippen LogP contribution in [0.4, 0.5) is 0 Å². The Morgan fingerprint density at radius 1 is 1.17 bits per heavy atom. The van der Waals surface area contributed by atoms with Crippen molar-refractivity contribution in [2.75, 3.05) is 0 Å². The van der Waals surface area contributed by atoms with Gasteiger partial charge in [-0.05, 0) is 30.5 Å². The van der Waals surface area contributed by atoms with Gasteiger partial charge < -0.3 is 5.73 Å². The lowest BCUT2D eigenvalue weighted by Gasteiger charge is -2.10. The minimum Gasteiger partial charge on any atom is -0.366 e. The summed E-state index contributed by atoms with van der Waals surface area (Å²) < 4.78 is 8.57. The first-order valence-electron chi connectivity index (χ1n) is 7.48. The third-order valence-electron chi connectivity index (χ3n) is 3.34. The Bertz CT molecular complexity index is 843. The molecule has 0 saturated carbocycles. The molecule has 1 aromatic carbocycles. The molecule has 4 nitrogen and oxygen atoms in total. The average molecular weight is 337 g/mol. The maximum Gasteiger partial charge on any atom is 0.249 e. The third kappa shape index (κ3) is 4.14. The summed E-state index contributed by atoms with van der Waals surface area (Å²) in [5.41, 5.74) is 9.09.